The van der Waals surface area contributed by atoms with Gasteiger partial charge >= 0.3 is 12.1 Å². The summed E-state index contributed by atoms with van der Waals surface area (Å²) in [5.74, 6) is -1.26. The van der Waals surface area contributed by atoms with Crippen LogP contribution in [0.1, 0.15) is 28.8 Å². The van der Waals surface area contributed by atoms with Gasteiger partial charge in [0.05, 0.1) is 28.9 Å². The van der Waals surface area contributed by atoms with Crippen molar-refractivity contribution in [1.29, 1.82) is 0 Å². The zero-order valence-corrected chi connectivity index (χ0v) is 11.7. The molecule has 1 heterocycles. The van der Waals surface area contributed by atoms with Crippen molar-refractivity contribution in [1.82, 2.24) is 0 Å². The van der Waals surface area contributed by atoms with Gasteiger partial charge in [-0.2, -0.15) is 13.2 Å². The van der Waals surface area contributed by atoms with Crippen molar-refractivity contribution in [2.45, 2.75) is 19.0 Å². The van der Waals surface area contributed by atoms with Gasteiger partial charge in [0.2, 0.25) is 5.91 Å². The van der Waals surface area contributed by atoms with Gasteiger partial charge < -0.3 is 9.64 Å². The molecule has 0 saturated carbocycles. The first kappa shape index (κ1) is 15.6. The van der Waals surface area contributed by atoms with Gasteiger partial charge in [-0.25, -0.2) is 4.79 Å². The number of benzene rings is 1. The van der Waals surface area contributed by atoms with E-state index >= 15 is 0 Å². The molecular formula is C13H11ClF3NO3. The van der Waals surface area contributed by atoms with Gasteiger partial charge in [0, 0.05) is 13.0 Å². The van der Waals surface area contributed by atoms with Crippen LogP contribution in [0.3, 0.4) is 0 Å². The minimum absolute atomic E-state index is 0.0287. The lowest BCUT2D eigenvalue weighted by Crippen LogP contribution is -2.27. The molecule has 0 unspecified atom stereocenters. The molecule has 0 radical (unpaired) electrons. The second-order valence-corrected chi connectivity index (χ2v) is 4.90. The molecule has 21 heavy (non-hydrogen) atoms. The molecule has 1 fully saturated rings. The molecule has 114 valence electrons. The maximum Gasteiger partial charge on any atom is 0.416 e. The third-order valence-electron chi connectivity index (χ3n) is 3.14. The van der Waals surface area contributed by atoms with Gasteiger partial charge in [-0.1, -0.05) is 11.6 Å². The van der Waals surface area contributed by atoms with Gasteiger partial charge in [-0.15, -0.1) is 0 Å². The number of amides is 1. The fourth-order valence-electron chi connectivity index (χ4n) is 2.19. The van der Waals surface area contributed by atoms with Crippen LogP contribution >= 0.6 is 11.6 Å². The fraction of sp³-hybridized carbons (Fsp3) is 0.385. The quantitative estimate of drug-likeness (QED) is 0.785. The minimum atomic E-state index is -4.65. The van der Waals surface area contributed by atoms with E-state index in [1.54, 1.807) is 0 Å². The van der Waals surface area contributed by atoms with Crippen molar-refractivity contribution >= 4 is 29.2 Å². The zero-order valence-electron chi connectivity index (χ0n) is 11.0. The number of hydrogen-bond acceptors (Lipinski definition) is 3. The summed E-state index contributed by atoms with van der Waals surface area (Å²) in [6.45, 7) is 0.300. The molecule has 4 nitrogen and oxygen atoms in total. The fourth-order valence-corrected chi connectivity index (χ4v) is 2.51. The number of halogens is 4. The highest BCUT2D eigenvalue weighted by Crippen LogP contribution is 2.39. The molecule has 0 aromatic heterocycles. The van der Waals surface area contributed by atoms with E-state index in [0.717, 1.165) is 7.11 Å². The number of methoxy groups -OCH3 is 1. The molecule has 0 N–H and O–H groups in total. The predicted octanol–water partition coefficient (Wildman–Crippen LogP) is 3.27. The normalized spacial score (nSPS) is 15.5. The summed E-state index contributed by atoms with van der Waals surface area (Å²) in [6, 6.07) is 1.35. The second-order valence-electron chi connectivity index (χ2n) is 4.49. The smallest absolute Gasteiger partial charge is 0.416 e. The molecule has 2 rings (SSSR count). The van der Waals surface area contributed by atoms with Gasteiger partial charge in [0.25, 0.3) is 0 Å². The van der Waals surface area contributed by atoms with Gasteiger partial charge in [0.15, 0.2) is 0 Å². The molecule has 1 saturated heterocycles. The Morgan fingerprint density at radius 1 is 1.38 bits per heavy atom. The molecule has 1 amide bonds. The summed E-state index contributed by atoms with van der Waals surface area (Å²) >= 11 is 5.89. The van der Waals surface area contributed by atoms with Crippen LogP contribution in [-0.2, 0) is 15.7 Å². The summed E-state index contributed by atoms with van der Waals surface area (Å²) in [7, 11) is 1.05. The molecule has 0 spiro atoms. The average molecular weight is 322 g/mol. The van der Waals surface area contributed by atoms with E-state index in [1.165, 1.54) is 4.90 Å². The van der Waals surface area contributed by atoms with Gasteiger partial charge in [-0.05, 0) is 18.6 Å². The SMILES string of the molecule is COC(=O)c1cc(C(F)(F)F)cc(Cl)c1N1CCCC1=O. The topological polar surface area (TPSA) is 46.6 Å². The van der Waals surface area contributed by atoms with Crippen LogP contribution in [0, 0.1) is 0 Å². The maximum absolute atomic E-state index is 12.8. The molecule has 0 aliphatic carbocycles. The standard InChI is InChI=1S/C13H11ClF3NO3/c1-21-12(20)8-5-7(13(15,16)17)6-9(14)11(8)18-4-2-3-10(18)19/h5-6H,2-4H2,1H3. The highest BCUT2D eigenvalue weighted by Gasteiger charge is 2.35. The van der Waals surface area contributed by atoms with Crippen molar-refractivity contribution in [2.24, 2.45) is 0 Å². The van der Waals surface area contributed by atoms with Crippen molar-refractivity contribution in [3.63, 3.8) is 0 Å². The molecule has 1 aliphatic rings. The first-order valence-corrected chi connectivity index (χ1v) is 6.43. The number of rotatable bonds is 2. The van der Waals surface area contributed by atoms with E-state index in [0.29, 0.717) is 25.1 Å². The average Bonchev–Trinajstić information content (AvgIpc) is 2.81. The van der Waals surface area contributed by atoms with Crippen molar-refractivity contribution in [3.8, 4) is 0 Å². The van der Waals surface area contributed by atoms with Crippen molar-refractivity contribution in [2.75, 3.05) is 18.6 Å². The molecule has 0 bridgehead atoms. The molecule has 1 aromatic rings. The Hall–Kier alpha value is -1.76. The summed E-state index contributed by atoms with van der Waals surface area (Å²) < 4.78 is 42.9. The van der Waals surface area contributed by atoms with Crippen LogP contribution in [0.25, 0.3) is 0 Å². The monoisotopic (exact) mass is 321 g/mol. The van der Waals surface area contributed by atoms with Gasteiger partial charge in [-0.3, -0.25) is 4.79 Å². The number of anilines is 1. The number of esters is 1. The lowest BCUT2D eigenvalue weighted by Gasteiger charge is -2.21. The number of nitrogens with zero attached hydrogens (tertiary/aromatic N) is 1. The van der Waals surface area contributed by atoms with Crippen LogP contribution in [0.4, 0.5) is 18.9 Å². The van der Waals surface area contributed by atoms with Crippen LogP contribution in [0.2, 0.25) is 5.02 Å². The van der Waals surface area contributed by atoms with E-state index in [9.17, 15) is 22.8 Å². The first-order chi connectivity index (χ1) is 9.75. The summed E-state index contributed by atoms with van der Waals surface area (Å²) in [4.78, 5) is 24.7. The first-order valence-electron chi connectivity index (χ1n) is 6.05. The molecular weight excluding hydrogens is 311 g/mol. The maximum atomic E-state index is 12.8. The van der Waals surface area contributed by atoms with E-state index in [1.807, 2.05) is 0 Å². The molecule has 8 heteroatoms. The van der Waals surface area contributed by atoms with Crippen LogP contribution in [0.5, 0.6) is 0 Å². The Kier molecular flexibility index (Phi) is 4.13. The molecule has 1 aromatic carbocycles. The van der Waals surface area contributed by atoms with Crippen molar-refractivity contribution in [3.05, 3.63) is 28.3 Å². The lowest BCUT2D eigenvalue weighted by atomic mass is 10.1. The number of carbonyl (C=O) groups is 2. The minimum Gasteiger partial charge on any atom is -0.465 e. The van der Waals surface area contributed by atoms with Gasteiger partial charge in [0.1, 0.15) is 0 Å². The Bertz CT molecular complexity index is 601. The van der Waals surface area contributed by atoms with E-state index in [4.69, 9.17) is 11.6 Å². The van der Waals surface area contributed by atoms with Crippen LogP contribution < -0.4 is 4.90 Å². The third kappa shape index (κ3) is 2.97. The number of hydrogen-bond donors (Lipinski definition) is 0. The van der Waals surface area contributed by atoms with E-state index in [2.05, 4.69) is 4.74 Å². The lowest BCUT2D eigenvalue weighted by molar-refractivity contribution is -0.137. The largest absolute Gasteiger partial charge is 0.465 e. The van der Waals surface area contributed by atoms with E-state index < -0.39 is 17.7 Å². The number of carbonyl (C=O) groups excluding carboxylic acids is 2. The Labute approximate surface area is 123 Å². The summed E-state index contributed by atoms with van der Waals surface area (Å²) in [5.41, 5.74) is -1.46. The van der Waals surface area contributed by atoms with Crippen molar-refractivity contribution < 1.29 is 27.5 Å². The third-order valence-corrected chi connectivity index (χ3v) is 3.43. The van der Waals surface area contributed by atoms with Crippen LogP contribution in [-0.4, -0.2) is 25.5 Å². The highest BCUT2D eigenvalue weighted by molar-refractivity contribution is 6.35. The Balaban J connectivity index is 2.63. The molecule has 1 aliphatic heterocycles. The Morgan fingerprint density at radius 3 is 2.52 bits per heavy atom. The summed E-state index contributed by atoms with van der Waals surface area (Å²) in [5, 5.41) is -0.305. The predicted molar refractivity (Wildman–Crippen MR) is 69.4 cm³/mol. The summed E-state index contributed by atoms with van der Waals surface area (Å²) in [6.07, 6.45) is -3.84. The Morgan fingerprint density at radius 2 is 2.05 bits per heavy atom. The number of ether oxygens (including phenoxy) is 1. The highest BCUT2D eigenvalue weighted by atomic mass is 35.5. The number of alkyl halides is 3. The van der Waals surface area contributed by atoms with Crippen LogP contribution in [0.15, 0.2) is 12.1 Å². The molecule has 0 atom stereocenters. The van der Waals surface area contributed by atoms with E-state index in [-0.39, 0.29) is 28.6 Å². The second kappa shape index (κ2) is 5.55. The zero-order chi connectivity index (χ0) is 15.8.